The van der Waals surface area contributed by atoms with E-state index in [1.54, 1.807) is 6.92 Å². The first-order chi connectivity index (χ1) is 8.63. The third-order valence-electron chi connectivity index (χ3n) is 2.48. The first kappa shape index (κ1) is 14.5. The average Bonchev–Trinajstić information content (AvgIpc) is 2.27. The van der Waals surface area contributed by atoms with Crippen LogP contribution in [0.3, 0.4) is 0 Å². The van der Waals surface area contributed by atoms with Crippen LogP contribution in [0.4, 0.5) is 8.78 Å². The molecule has 0 fully saturated rings. The molecule has 0 radical (unpaired) electrons. The summed E-state index contributed by atoms with van der Waals surface area (Å²) in [5.74, 6) is 0.375. The summed E-state index contributed by atoms with van der Waals surface area (Å²) in [6, 6.07) is 2.25. The molecule has 1 aromatic heterocycles. The molecular formula is C10H8BrF2N2O3P. The quantitative estimate of drug-likeness (QED) is 0.812. The number of nitrogens with zero attached hydrogens (tertiary/aromatic N) is 2. The van der Waals surface area contributed by atoms with Gasteiger partial charge < -0.3 is 9.79 Å². The third kappa shape index (κ3) is 2.53. The van der Waals surface area contributed by atoms with Crippen molar-refractivity contribution in [2.75, 3.05) is 0 Å². The zero-order valence-electron chi connectivity index (χ0n) is 9.51. The van der Waals surface area contributed by atoms with Crippen molar-refractivity contribution >= 4 is 34.4 Å². The fourth-order valence-electron chi connectivity index (χ4n) is 1.53. The molecule has 0 aliphatic heterocycles. The molecule has 2 N–H and O–H groups in total. The number of hydrogen-bond acceptors (Lipinski definition) is 3. The van der Waals surface area contributed by atoms with E-state index in [1.807, 2.05) is 0 Å². The molecule has 0 saturated heterocycles. The largest absolute Gasteiger partial charge is 0.399 e. The maximum Gasteiger partial charge on any atom is 0.399 e. The van der Waals surface area contributed by atoms with Crippen molar-refractivity contribution in [1.82, 2.24) is 9.97 Å². The van der Waals surface area contributed by atoms with Crippen molar-refractivity contribution in [2.24, 2.45) is 0 Å². The maximum atomic E-state index is 13.7. The summed E-state index contributed by atoms with van der Waals surface area (Å²) < 4.78 is 38.2. The third-order valence-corrected chi connectivity index (χ3v) is 4.11. The van der Waals surface area contributed by atoms with Crippen LogP contribution >= 0.6 is 23.5 Å². The molecule has 2 aromatic rings. The molecule has 9 heteroatoms. The number of hydrogen-bond donors (Lipinski definition) is 2. The Labute approximate surface area is 115 Å². The van der Waals surface area contributed by atoms with E-state index in [0.717, 1.165) is 6.07 Å². The summed E-state index contributed by atoms with van der Waals surface area (Å²) >= 11 is 2.89. The zero-order chi connectivity index (χ0) is 14.4. The van der Waals surface area contributed by atoms with Crippen LogP contribution in [0, 0.1) is 6.92 Å². The minimum Gasteiger partial charge on any atom is -0.320 e. The summed E-state index contributed by atoms with van der Waals surface area (Å²) in [5, 5.41) is 0.489. The van der Waals surface area contributed by atoms with Crippen molar-refractivity contribution in [1.29, 1.82) is 0 Å². The second kappa shape index (κ2) is 4.56. The minimum atomic E-state index is -5.61. The Kier molecular flexibility index (Phi) is 3.47. The highest BCUT2D eigenvalue weighted by Gasteiger charge is 2.51. The average molecular weight is 353 g/mol. The predicted octanol–water partition coefficient (Wildman–Crippen LogP) is 2.93. The molecule has 2 rings (SSSR count). The molecule has 0 amide bonds. The Balaban J connectivity index is 2.74. The standard InChI is InChI=1S/C10H8BrF2N2O3P/c1-5-14-4-6-2-8(11)7(3-9(6)15-5)10(12,13)19(16,17)18/h2-4H,1H3,(H2,16,17,18). The van der Waals surface area contributed by atoms with Gasteiger partial charge in [0.05, 0.1) is 5.52 Å². The van der Waals surface area contributed by atoms with E-state index in [1.165, 1.54) is 12.3 Å². The van der Waals surface area contributed by atoms with Gasteiger partial charge in [-0.1, -0.05) is 15.9 Å². The van der Waals surface area contributed by atoms with Crippen molar-refractivity contribution in [3.05, 3.63) is 34.2 Å². The molecule has 1 heterocycles. The second-order valence-electron chi connectivity index (χ2n) is 3.89. The van der Waals surface area contributed by atoms with Crippen molar-refractivity contribution in [3.8, 4) is 0 Å². The van der Waals surface area contributed by atoms with Crippen LogP contribution in [0.1, 0.15) is 11.4 Å². The van der Waals surface area contributed by atoms with Crippen LogP contribution in [-0.4, -0.2) is 19.8 Å². The summed E-state index contributed by atoms with van der Waals surface area (Å²) in [5.41, 5.74) is -4.89. The number of alkyl halides is 2. The molecule has 102 valence electrons. The van der Waals surface area contributed by atoms with E-state index in [9.17, 15) is 13.3 Å². The molecule has 0 spiro atoms. The molecule has 0 aliphatic rings. The van der Waals surface area contributed by atoms with E-state index in [0.29, 0.717) is 11.2 Å². The smallest absolute Gasteiger partial charge is 0.320 e. The van der Waals surface area contributed by atoms with Gasteiger partial charge in [-0.2, -0.15) is 8.78 Å². The van der Waals surface area contributed by atoms with Crippen LogP contribution in [0.15, 0.2) is 22.8 Å². The van der Waals surface area contributed by atoms with E-state index in [-0.39, 0.29) is 9.99 Å². The van der Waals surface area contributed by atoms with E-state index >= 15 is 0 Å². The first-order valence-corrected chi connectivity index (χ1v) is 7.40. The lowest BCUT2D eigenvalue weighted by Crippen LogP contribution is -2.14. The van der Waals surface area contributed by atoms with Gasteiger partial charge >= 0.3 is 13.3 Å². The SMILES string of the molecule is Cc1ncc2cc(Br)c(C(F)(F)P(=O)(O)O)cc2n1. The summed E-state index contributed by atoms with van der Waals surface area (Å²) in [6.07, 6.45) is 1.45. The molecule has 0 aliphatic carbocycles. The number of aromatic nitrogens is 2. The van der Waals surface area contributed by atoms with Gasteiger partial charge in [-0.15, -0.1) is 0 Å². The fourth-order valence-corrected chi connectivity index (χ4v) is 2.79. The Morgan fingerprint density at radius 3 is 2.58 bits per heavy atom. The van der Waals surface area contributed by atoms with Gasteiger partial charge in [0.25, 0.3) is 0 Å². The molecule has 1 aromatic carbocycles. The minimum absolute atomic E-state index is 0.110. The van der Waals surface area contributed by atoms with Gasteiger partial charge in [0.15, 0.2) is 0 Å². The first-order valence-electron chi connectivity index (χ1n) is 5.00. The molecular weight excluding hydrogens is 345 g/mol. The number of benzene rings is 1. The lowest BCUT2D eigenvalue weighted by Gasteiger charge is -2.19. The lowest BCUT2D eigenvalue weighted by atomic mass is 10.1. The van der Waals surface area contributed by atoms with Gasteiger partial charge in [-0.25, -0.2) is 9.97 Å². The molecule has 0 atom stereocenters. The summed E-state index contributed by atoms with van der Waals surface area (Å²) in [7, 11) is -5.61. The Bertz CT molecular complexity index is 704. The van der Waals surface area contributed by atoms with E-state index in [4.69, 9.17) is 9.79 Å². The molecule has 0 unspecified atom stereocenters. The second-order valence-corrected chi connectivity index (χ2v) is 6.40. The Morgan fingerprint density at radius 1 is 1.37 bits per heavy atom. The molecule has 5 nitrogen and oxygen atoms in total. The Hall–Kier alpha value is -0.950. The number of halogens is 3. The number of rotatable bonds is 2. The lowest BCUT2D eigenvalue weighted by molar-refractivity contribution is 0.0558. The summed E-state index contributed by atoms with van der Waals surface area (Å²) in [6.45, 7) is 1.59. The van der Waals surface area contributed by atoms with Crippen molar-refractivity contribution in [3.63, 3.8) is 0 Å². The number of aryl methyl sites for hydroxylation is 1. The van der Waals surface area contributed by atoms with Crippen LogP contribution in [0.2, 0.25) is 0 Å². The number of fused-ring (bicyclic) bond motifs is 1. The van der Waals surface area contributed by atoms with Crippen LogP contribution in [0.5, 0.6) is 0 Å². The zero-order valence-corrected chi connectivity index (χ0v) is 12.0. The van der Waals surface area contributed by atoms with Gasteiger partial charge in [0, 0.05) is 21.6 Å². The highest BCUT2D eigenvalue weighted by Crippen LogP contribution is 2.60. The van der Waals surface area contributed by atoms with Gasteiger partial charge in [0.1, 0.15) is 5.82 Å². The van der Waals surface area contributed by atoms with Crippen molar-refractivity contribution in [2.45, 2.75) is 12.6 Å². The highest BCUT2D eigenvalue weighted by molar-refractivity contribution is 9.10. The van der Waals surface area contributed by atoms with E-state index in [2.05, 4.69) is 25.9 Å². The topological polar surface area (TPSA) is 83.3 Å². The van der Waals surface area contributed by atoms with Gasteiger partial charge in [-0.05, 0) is 19.1 Å². The molecule has 19 heavy (non-hydrogen) atoms. The normalized spacial score (nSPS) is 12.9. The predicted molar refractivity (Wildman–Crippen MR) is 67.9 cm³/mol. The van der Waals surface area contributed by atoms with E-state index < -0.39 is 18.8 Å². The van der Waals surface area contributed by atoms with Gasteiger partial charge in [0.2, 0.25) is 0 Å². The molecule has 0 bridgehead atoms. The summed E-state index contributed by atoms with van der Waals surface area (Å²) in [4.78, 5) is 25.4. The van der Waals surface area contributed by atoms with Gasteiger partial charge in [-0.3, -0.25) is 4.57 Å². The maximum absolute atomic E-state index is 13.7. The van der Waals surface area contributed by atoms with Crippen LogP contribution < -0.4 is 0 Å². The van der Waals surface area contributed by atoms with Crippen molar-refractivity contribution < 1.29 is 23.1 Å². The molecule has 0 saturated carbocycles. The fraction of sp³-hybridized carbons (Fsp3) is 0.200. The highest BCUT2D eigenvalue weighted by atomic mass is 79.9. The monoisotopic (exact) mass is 352 g/mol. The van der Waals surface area contributed by atoms with Crippen LogP contribution in [-0.2, 0) is 10.2 Å². The van der Waals surface area contributed by atoms with Crippen LogP contribution in [0.25, 0.3) is 10.9 Å². The Morgan fingerprint density at radius 2 is 2.00 bits per heavy atom.